The molecule has 0 atom stereocenters. The van der Waals surface area contributed by atoms with E-state index in [1.165, 1.54) is 18.2 Å². The fourth-order valence-electron chi connectivity index (χ4n) is 1.83. The highest BCUT2D eigenvalue weighted by Gasteiger charge is 2.34. The number of halogens is 3. The number of para-hydroxylation sites is 1. The highest BCUT2D eigenvalue weighted by Crippen LogP contribution is 2.40. The highest BCUT2D eigenvalue weighted by molar-refractivity contribution is 5.73. The summed E-state index contributed by atoms with van der Waals surface area (Å²) in [4.78, 5) is 0. The molecule has 1 nitrogen and oxygen atoms in total. The molecular weight excluding hydrogens is 241 g/mol. The maximum Gasteiger partial charge on any atom is 0.417 e. The van der Waals surface area contributed by atoms with Crippen molar-refractivity contribution in [3.05, 3.63) is 53.6 Å². The summed E-state index contributed by atoms with van der Waals surface area (Å²) in [6.07, 6.45) is -4.44. The van der Waals surface area contributed by atoms with Crippen molar-refractivity contribution in [2.24, 2.45) is 0 Å². The molecule has 18 heavy (non-hydrogen) atoms. The summed E-state index contributed by atoms with van der Waals surface area (Å²) in [7, 11) is 0. The molecule has 0 bridgehead atoms. The van der Waals surface area contributed by atoms with Gasteiger partial charge in [0, 0.05) is 5.56 Å². The van der Waals surface area contributed by atoms with Crippen LogP contribution in [0.4, 0.5) is 13.2 Å². The molecule has 2 aromatic carbocycles. The lowest BCUT2D eigenvalue weighted by atomic mass is 9.97. The lowest BCUT2D eigenvalue weighted by Crippen LogP contribution is -2.07. The van der Waals surface area contributed by atoms with Gasteiger partial charge in [0.15, 0.2) is 0 Å². The molecular formula is C14H11F3O. The summed E-state index contributed by atoms with van der Waals surface area (Å²) >= 11 is 0. The van der Waals surface area contributed by atoms with Gasteiger partial charge in [-0.3, -0.25) is 0 Å². The Morgan fingerprint density at radius 2 is 1.61 bits per heavy atom. The number of benzene rings is 2. The molecule has 2 rings (SSSR count). The molecule has 0 heterocycles. The van der Waals surface area contributed by atoms with E-state index in [9.17, 15) is 18.3 Å². The SMILES string of the molecule is Cc1ccc(-c2ccccc2O)c(C(F)(F)F)c1. The average molecular weight is 252 g/mol. The number of aryl methyl sites for hydroxylation is 1. The first-order valence-corrected chi connectivity index (χ1v) is 5.36. The molecule has 1 N–H and O–H groups in total. The van der Waals surface area contributed by atoms with E-state index >= 15 is 0 Å². The Balaban J connectivity index is 2.69. The minimum atomic E-state index is -4.44. The van der Waals surface area contributed by atoms with Crippen LogP contribution in [0.2, 0.25) is 0 Å². The third-order valence-electron chi connectivity index (χ3n) is 2.67. The van der Waals surface area contributed by atoms with Crippen LogP contribution in [-0.2, 0) is 6.18 Å². The molecule has 4 heteroatoms. The summed E-state index contributed by atoms with van der Waals surface area (Å²) in [5, 5.41) is 9.66. The van der Waals surface area contributed by atoms with E-state index in [4.69, 9.17) is 0 Å². The largest absolute Gasteiger partial charge is 0.507 e. The monoisotopic (exact) mass is 252 g/mol. The summed E-state index contributed by atoms with van der Waals surface area (Å²) in [5.74, 6) is -0.160. The van der Waals surface area contributed by atoms with Crippen LogP contribution < -0.4 is 0 Å². The van der Waals surface area contributed by atoms with Crippen LogP contribution in [0.1, 0.15) is 11.1 Å². The van der Waals surface area contributed by atoms with Crippen LogP contribution >= 0.6 is 0 Å². The first kappa shape index (κ1) is 12.5. The van der Waals surface area contributed by atoms with E-state index in [2.05, 4.69) is 0 Å². The van der Waals surface area contributed by atoms with Crippen molar-refractivity contribution in [1.82, 2.24) is 0 Å². The third-order valence-corrected chi connectivity index (χ3v) is 2.67. The molecule has 0 amide bonds. The lowest BCUT2D eigenvalue weighted by molar-refractivity contribution is -0.137. The highest BCUT2D eigenvalue weighted by atomic mass is 19.4. The first-order chi connectivity index (χ1) is 8.39. The van der Waals surface area contributed by atoms with Gasteiger partial charge in [0.2, 0.25) is 0 Å². The maximum atomic E-state index is 13.0. The number of phenols is 1. The molecule has 0 fully saturated rings. The van der Waals surface area contributed by atoms with Crippen molar-refractivity contribution in [2.75, 3.05) is 0 Å². The van der Waals surface area contributed by atoms with Gasteiger partial charge in [-0.2, -0.15) is 13.2 Å². The Labute approximate surface area is 103 Å². The fraction of sp³-hybridized carbons (Fsp3) is 0.143. The van der Waals surface area contributed by atoms with Gasteiger partial charge in [0.1, 0.15) is 5.75 Å². The summed E-state index contributed by atoms with van der Waals surface area (Å²) < 4.78 is 38.9. The van der Waals surface area contributed by atoms with E-state index in [-0.39, 0.29) is 16.9 Å². The maximum absolute atomic E-state index is 13.0. The van der Waals surface area contributed by atoms with Gasteiger partial charge in [-0.15, -0.1) is 0 Å². The Bertz CT molecular complexity index is 573. The molecule has 0 saturated carbocycles. The Kier molecular flexibility index (Phi) is 3.03. The molecule has 0 aliphatic heterocycles. The summed E-state index contributed by atoms with van der Waals surface area (Å²) in [6.45, 7) is 1.60. The topological polar surface area (TPSA) is 20.2 Å². The standard InChI is InChI=1S/C14H11F3O/c1-9-6-7-10(12(8-9)14(15,16)17)11-4-2-3-5-13(11)18/h2-8,18H,1H3. The Hall–Kier alpha value is -1.97. The second-order valence-electron chi connectivity index (χ2n) is 4.06. The van der Waals surface area contributed by atoms with Crippen LogP contribution in [0.15, 0.2) is 42.5 Å². The van der Waals surface area contributed by atoms with Gasteiger partial charge in [-0.25, -0.2) is 0 Å². The quantitative estimate of drug-likeness (QED) is 0.798. The molecule has 2 aromatic rings. The number of alkyl halides is 3. The van der Waals surface area contributed by atoms with Crippen molar-refractivity contribution in [2.45, 2.75) is 13.1 Å². The zero-order chi connectivity index (χ0) is 13.3. The smallest absolute Gasteiger partial charge is 0.417 e. The molecule has 0 spiro atoms. The molecule has 0 aliphatic rings. The number of hydrogen-bond acceptors (Lipinski definition) is 1. The molecule has 0 radical (unpaired) electrons. The minimum absolute atomic E-state index is 0.00815. The second-order valence-corrected chi connectivity index (χ2v) is 4.06. The molecule has 0 unspecified atom stereocenters. The predicted octanol–water partition coefficient (Wildman–Crippen LogP) is 4.39. The van der Waals surface area contributed by atoms with Crippen LogP contribution in [-0.4, -0.2) is 5.11 Å². The normalized spacial score (nSPS) is 11.6. The number of phenolic OH excluding ortho intramolecular Hbond substituents is 1. The van der Waals surface area contributed by atoms with Gasteiger partial charge in [-0.1, -0.05) is 35.9 Å². The van der Waals surface area contributed by atoms with E-state index in [1.807, 2.05) is 0 Å². The van der Waals surface area contributed by atoms with E-state index in [0.29, 0.717) is 5.56 Å². The van der Waals surface area contributed by atoms with Crippen molar-refractivity contribution < 1.29 is 18.3 Å². The first-order valence-electron chi connectivity index (χ1n) is 5.36. The van der Waals surface area contributed by atoms with E-state index in [0.717, 1.165) is 6.07 Å². The van der Waals surface area contributed by atoms with Crippen LogP contribution in [0.5, 0.6) is 5.75 Å². The van der Waals surface area contributed by atoms with Crippen LogP contribution in [0, 0.1) is 6.92 Å². The van der Waals surface area contributed by atoms with Crippen molar-refractivity contribution >= 4 is 0 Å². The van der Waals surface area contributed by atoms with Crippen molar-refractivity contribution in [1.29, 1.82) is 0 Å². The van der Waals surface area contributed by atoms with Gasteiger partial charge >= 0.3 is 6.18 Å². The van der Waals surface area contributed by atoms with Crippen molar-refractivity contribution in [3.8, 4) is 16.9 Å². The molecule has 0 aliphatic carbocycles. The molecule has 94 valence electrons. The number of rotatable bonds is 1. The van der Waals surface area contributed by atoms with Gasteiger partial charge in [0.25, 0.3) is 0 Å². The fourth-order valence-corrected chi connectivity index (χ4v) is 1.83. The second kappa shape index (κ2) is 4.37. The average Bonchev–Trinajstić information content (AvgIpc) is 2.29. The van der Waals surface area contributed by atoms with Crippen molar-refractivity contribution in [3.63, 3.8) is 0 Å². The van der Waals surface area contributed by atoms with Gasteiger partial charge in [0.05, 0.1) is 5.56 Å². The van der Waals surface area contributed by atoms with E-state index < -0.39 is 11.7 Å². The third kappa shape index (κ3) is 2.32. The van der Waals surface area contributed by atoms with E-state index in [1.54, 1.807) is 25.1 Å². The molecule has 0 saturated heterocycles. The van der Waals surface area contributed by atoms with Gasteiger partial charge < -0.3 is 5.11 Å². The predicted molar refractivity (Wildman–Crippen MR) is 63.3 cm³/mol. The molecule has 0 aromatic heterocycles. The minimum Gasteiger partial charge on any atom is -0.507 e. The van der Waals surface area contributed by atoms with Crippen LogP contribution in [0.3, 0.4) is 0 Å². The summed E-state index contributed by atoms with van der Waals surface area (Å²) in [5.41, 5.74) is -0.0264. The van der Waals surface area contributed by atoms with Gasteiger partial charge in [-0.05, 0) is 24.6 Å². The number of aromatic hydroxyl groups is 1. The Morgan fingerprint density at radius 1 is 0.944 bits per heavy atom. The number of hydrogen-bond donors (Lipinski definition) is 1. The zero-order valence-corrected chi connectivity index (χ0v) is 9.62. The van der Waals surface area contributed by atoms with Crippen LogP contribution in [0.25, 0.3) is 11.1 Å². The summed E-state index contributed by atoms with van der Waals surface area (Å²) in [6, 6.07) is 10.1. The Morgan fingerprint density at radius 3 is 2.22 bits per heavy atom. The lowest BCUT2D eigenvalue weighted by Gasteiger charge is -2.14. The zero-order valence-electron chi connectivity index (χ0n) is 9.62.